The lowest BCUT2D eigenvalue weighted by Gasteiger charge is -2.46. The molecular weight excluding hydrogens is 350 g/mol. The molecule has 148 valence electrons. The summed E-state index contributed by atoms with van der Waals surface area (Å²) in [7, 11) is 3.84. The Hall–Kier alpha value is -2.24. The number of aryl methyl sites for hydroxylation is 1. The van der Waals surface area contributed by atoms with Crippen molar-refractivity contribution in [1.82, 2.24) is 14.5 Å². The number of hydrogen-bond acceptors (Lipinski definition) is 4. The third kappa shape index (κ3) is 3.56. The number of para-hydroxylation sites is 1. The van der Waals surface area contributed by atoms with Crippen LogP contribution in [0.3, 0.4) is 0 Å². The number of methoxy groups -OCH3 is 1. The molecule has 0 bridgehead atoms. The predicted molar refractivity (Wildman–Crippen MR) is 110 cm³/mol. The average molecular weight is 380 g/mol. The van der Waals surface area contributed by atoms with E-state index in [2.05, 4.69) is 41.6 Å². The monoisotopic (exact) mass is 379 g/mol. The van der Waals surface area contributed by atoms with Crippen LogP contribution in [0.1, 0.15) is 44.1 Å². The second-order valence-electron chi connectivity index (χ2n) is 8.45. The molecule has 0 spiro atoms. The quantitative estimate of drug-likeness (QED) is 0.656. The van der Waals surface area contributed by atoms with Gasteiger partial charge in [0.25, 0.3) is 0 Å². The van der Waals surface area contributed by atoms with Crippen molar-refractivity contribution in [2.45, 2.75) is 51.4 Å². The third-order valence-corrected chi connectivity index (χ3v) is 6.08. The number of fused-ring (bicyclic) bond motifs is 1. The van der Waals surface area contributed by atoms with Crippen molar-refractivity contribution in [3.05, 3.63) is 60.3 Å². The van der Waals surface area contributed by atoms with Crippen LogP contribution in [0.4, 0.5) is 0 Å². The van der Waals surface area contributed by atoms with E-state index < -0.39 is 0 Å². The smallest absolute Gasteiger partial charge is 0.116 e. The average Bonchev–Trinajstić information content (AvgIpc) is 3.11. The second-order valence-corrected chi connectivity index (χ2v) is 8.45. The first kappa shape index (κ1) is 19.1. The molecule has 5 nitrogen and oxygen atoms in total. The highest BCUT2D eigenvalue weighted by atomic mass is 16.5. The number of rotatable bonds is 5. The molecule has 3 aromatic rings. The maximum absolute atomic E-state index is 6.44. The van der Waals surface area contributed by atoms with Crippen LogP contribution < -0.4 is 0 Å². The van der Waals surface area contributed by atoms with E-state index in [1.54, 1.807) is 7.11 Å². The molecule has 0 N–H and O–H groups in total. The number of aromatic nitrogens is 3. The minimum Gasteiger partial charge on any atom is -0.380 e. The lowest BCUT2D eigenvalue weighted by atomic mass is 9.67. The predicted octanol–water partition coefficient (Wildman–Crippen LogP) is 4.47. The minimum atomic E-state index is 0.0485. The highest BCUT2D eigenvalue weighted by Gasteiger charge is 2.47. The van der Waals surface area contributed by atoms with Gasteiger partial charge in [0.05, 0.1) is 35.9 Å². The van der Waals surface area contributed by atoms with Crippen LogP contribution in [-0.4, -0.2) is 33.9 Å². The Balaban J connectivity index is 1.58. The zero-order valence-corrected chi connectivity index (χ0v) is 17.1. The summed E-state index contributed by atoms with van der Waals surface area (Å²) in [5, 5.41) is 1.15. The maximum Gasteiger partial charge on any atom is 0.116 e. The zero-order chi connectivity index (χ0) is 19.7. The van der Waals surface area contributed by atoms with Crippen molar-refractivity contribution in [2.24, 2.45) is 12.5 Å². The van der Waals surface area contributed by atoms with Crippen LogP contribution in [0.25, 0.3) is 10.9 Å². The molecule has 4 rings (SSSR count). The van der Waals surface area contributed by atoms with E-state index in [4.69, 9.17) is 14.5 Å². The first-order valence-electron chi connectivity index (χ1n) is 9.96. The molecule has 5 heteroatoms. The molecule has 2 heterocycles. The highest BCUT2D eigenvalue weighted by Crippen LogP contribution is 2.46. The van der Waals surface area contributed by atoms with Crippen molar-refractivity contribution in [2.75, 3.05) is 7.11 Å². The Morgan fingerprint density at radius 2 is 2.00 bits per heavy atom. The van der Waals surface area contributed by atoms with Gasteiger partial charge >= 0.3 is 0 Å². The van der Waals surface area contributed by atoms with Gasteiger partial charge in [-0.05, 0) is 30.4 Å². The van der Waals surface area contributed by atoms with E-state index in [-0.39, 0.29) is 23.5 Å². The van der Waals surface area contributed by atoms with Gasteiger partial charge in [-0.25, -0.2) is 4.98 Å². The van der Waals surface area contributed by atoms with E-state index in [1.807, 2.05) is 37.6 Å². The molecular formula is C23H29N3O2. The first-order valence-corrected chi connectivity index (χ1v) is 9.96. The number of hydrogen-bond donors (Lipinski definition) is 0. The SMILES string of the molecule is COC1C(c2nccn2C)C(OCc2ccc3ccccc3n2)CCC1(C)C. The van der Waals surface area contributed by atoms with Crippen LogP contribution >= 0.6 is 0 Å². The van der Waals surface area contributed by atoms with E-state index in [9.17, 15) is 0 Å². The molecule has 1 aliphatic carbocycles. The lowest BCUT2D eigenvalue weighted by molar-refractivity contribution is -0.111. The summed E-state index contributed by atoms with van der Waals surface area (Å²) in [6.07, 6.45) is 5.99. The van der Waals surface area contributed by atoms with E-state index in [1.165, 1.54) is 0 Å². The van der Waals surface area contributed by atoms with Crippen molar-refractivity contribution >= 4 is 10.9 Å². The summed E-state index contributed by atoms with van der Waals surface area (Å²) >= 11 is 0. The number of ether oxygens (including phenoxy) is 2. The van der Waals surface area contributed by atoms with E-state index in [0.29, 0.717) is 6.61 Å². The normalized spacial score (nSPS) is 24.5. The Kier molecular flexibility index (Phi) is 5.21. The molecule has 3 unspecified atom stereocenters. The second kappa shape index (κ2) is 7.64. The standard InChI is InChI=1S/C23H29N3O2/c1-23(2)12-11-19(20(21(23)27-4)22-24-13-14-26(22)3)28-15-17-10-9-16-7-5-6-8-18(16)25-17/h5-10,13-14,19-21H,11-12,15H2,1-4H3. The summed E-state index contributed by atoms with van der Waals surface area (Å²) in [6.45, 7) is 5.05. The first-order chi connectivity index (χ1) is 13.5. The molecule has 28 heavy (non-hydrogen) atoms. The number of pyridine rings is 1. The summed E-state index contributed by atoms with van der Waals surface area (Å²) in [6, 6.07) is 12.3. The van der Waals surface area contributed by atoms with Crippen molar-refractivity contribution in [3.63, 3.8) is 0 Å². The van der Waals surface area contributed by atoms with Crippen LogP contribution in [0.5, 0.6) is 0 Å². The van der Waals surface area contributed by atoms with Gasteiger partial charge < -0.3 is 14.0 Å². The fourth-order valence-electron chi connectivity index (χ4n) is 4.55. The van der Waals surface area contributed by atoms with Gasteiger partial charge in [0.2, 0.25) is 0 Å². The summed E-state index contributed by atoms with van der Waals surface area (Å²) in [5.41, 5.74) is 2.03. The van der Waals surface area contributed by atoms with Crippen LogP contribution in [-0.2, 0) is 23.1 Å². The maximum atomic E-state index is 6.44. The fraction of sp³-hybridized carbons (Fsp3) is 0.478. The largest absolute Gasteiger partial charge is 0.380 e. The highest BCUT2D eigenvalue weighted by molar-refractivity contribution is 5.78. The zero-order valence-electron chi connectivity index (χ0n) is 17.1. The molecule has 1 fully saturated rings. The summed E-state index contributed by atoms with van der Waals surface area (Å²) in [5.74, 6) is 1.12. The van der Waals surface area contributed by atoms with Gasteiger partial charge in [0.1, 0.15) is 5.82 Å². The Morgan fingerprint density at radius 1 is 1.18 bits per heavy atom. The van der Waals surface area contributed by atoms with E-state index in [0.717, 1.165) is 35.3 Å². The van der Waals surface area contributed by atoms with Crippen molar-refractivity contribution in [3.8, 4) is 0 Å². The molecule has 0 aliphatic heterocycles. The molecule has 0 amide bonds. The van der Waals surface area contributed by atoms with Crippen LogP contribution in [0.2, 0.25) is 0 Å². The van der Waals surface area contributed by atoms with Gasteiger partial charge in [-0.1, -0.05) is 38.1 Å². The molecule has 3 atom stereocenters. The lowest BCUT2D eigenvalue weighted by Crippen LogP contribution is -2.48. The molecule has 0 saturated heterocycles. The third-order valence-electron chi connectivity index (χ3n) is 6.08. The van der Waals surface area contributed by atoms with Gasteiger partial charge in [-0.3, -0.25) is 4.98 Å². The van der Waals surface area contributed by atoms with Crippen LogP contribution in [0.15, 0.2) is 48.8 Å². The fourth-order valence-corrected chi connectivity index (χ4v) is 4.55. The number of benzene rings is 1. The van der Waals surface area contributed by atoms with Gasteiger partial charge in [-0.2, -0.15) is 0 Å². The summed E-state index contributed by atoms with van der Waals surface area (Å²) < 4.78 is 14.5. The minimum absolute atomic E-state index is 0.0485. The topological polar surface area (TPSA) is 49.2 Å². The van der Waals surface area contributed by atoms with Crippen molar-refractivity contribution < 1.29 is 9.47 Å². The molecule has 0 radical (unpaired) electrons. The molecule has 1 aromatic carbocycles. The van der Waals surface area contributed by atoms with Crippen molar-refractivity contribution in [1.29, 1.82) is 0 Å². The Morgan fingerprint density at radius 3 is 2.75 bits per heavy atom. The van der Waals surface area contributed by atoms with Gasteiger partial charge in [0, 0.05) is 31.9 Å². The van der Waals surface area contributed by atoms with Gasteiger partial charge in [-0.15, -0.1) is 0 Å². The van der Waals surface area contributed by atoms with Gasteiger partial charge in [0.15, 0.2) is 0 Å². The molecule has 2 aromatic heterocycles. The Labute approximate surface area is 166 Å². The Bertz CT molecular complexity index is 950. The van der Waals surface area contributed by atoms with E-state index >= 15 is 0 Å². The summed E-state index contributed by atoms with van der Waals surface area (Å²) in [4.78, 5) is 9.39. The molecule has 1 saturated carbocycles. The number of nitrogens with zero attached hydrogens (tertiary/aromatic N) is 3. The number of imidazole rings is 1. The molecule has 1 aliphatic rings. The van der Waals surface area contributed by atoms with Crippen LogP contribution in [0, 0.1) is 5.41 Å².